The van der Waals surface area contributed by atoms with E-state index in [1.165, 1.54) is 0 Å². The largest absolute Gasteiger partial charge is 0.494 e. The summed E-state index contributed by atoms with van der Waals surface area (Å²) in [7, 11) is 0. The minimum absolute atomic E-state index is 0.0736. The number of hydrogen-bond donors (Lipinski definition) is 3. The fraction of sp³-hybridized carbons (Fsp3) is 0.176. The van der Waals surface area contributed by atoms with Crippen LogP contribution in [0.1, 0.15) is 6.92 Å². The van der Waals surface area contributed by atoms with Crippen molar-refractivity contribution in [1.29, 1.82) is 0 Å². The summed E-state index contributed by atoms with van der Waals surface area (Å²) in [5, 5.41) is 9.06. The standard InChI is InChI=1S/C17H18BrN3O2S/c1-2-23-13-9-7-12(8-10-13)20-17(24)19-11-16(22)21-15-6-4-3-5-14(15)18/h3-10H,2,11H2,1H3,(H,21,22)(H2,19,20,24). The number of ether oxygens (including phenoxy) is 1. The summed E-state index contributed by atoms with van der Waals surface area (Å²) in [5.74, 6) is 0.618. The van der Waals surface area contributed by atoms with Crippen LogP contribution in [0.15, 0.2) is 53.0 Å². The molecule has 0 saturated carbocycles. The van der Waals surface area contributed by atoms with E-state index in [9.17, 15) is 4.79 Å². The van der Waals surface area contributed by atoms with Crippen molar-refractivity contribution in [2.45, 2.75) is 6.92 Å². The van der Waals surface area contributed by atoms with Crippen LogP contribution in [0.5, 0.6) is 5.75 Å². The molecule has 0 radical (unpaired) electrons. The highest BCUT2D eigenvalue weighted by atomic mass is 79.9. The van der Waals surface area contributed by atoms with Crippen LogP contribution >= 0.6 is 28.1 Å². The highest BCUT2D eigenvalue weighted by molar-refractivity contribution is 9.10. The normalized spacial score (nSPS) is 9.92. The summed E-state index contributed by atoms with van der Waals surface area (Å²) < 4.78 is 6.21. The molecule has 0 aliphatic rings. The van der Waals surface area contributed by atoms with Crippen molar-refractivity contribution in [3.05, 3.63) is 53.0 Å². The molecule has 0 aliphatic carbocycles. The number of para-hydroxylation sites is 1. The molecule has 0 spiro atoms. The second kappa shape index (κ2) is 9.24. The Morgan fingerprint density at radius 3 is 2.50 bits per heavy atom. The van der Waals surface area contributed by atoms with Crippen LogP contribution in [0.3, 0.4) is 0 Å². The van der Waals surface area contributed by atoms with Gasteiger partial charge >= 0.3 is 0 Å². The number of hydrogen-bond acceptors (Lipinski definition) is 3. The van der Waals surface area contributed by atoms with Gasteiger partial charge in [0.1, 0.15) is 5.75 Å². The SMILES string of the molecule is CCOc1ccc(NC(=S)NCC(=O)Nc2ccccc2Br)cc1. The first-order valence-electron chi connectivity index (χ1n) is 7.40. The van der Waals surface area contributed by atoms with Gasteiger partial charge in [-0.15, -0.1) is 0 Å². The van der Waals surface area contributed by atoms with Gasteiger partial charge in [0.15, 0.2) is 5.11 Å². The molecule has 2 aromatic carbocycles. The van der Waals surface area contributed by atoms with Gasteiger partial charge in [-0.3, -0.25) is 4.79 Å². The predicted octanol–water partition coefficient (Wildman–Crippen LogP) is 3.77. The van der Waals surface area contributed by atoms with Crippen molar-refractivity contribution in [2.75, 3.05) is 23.8 Å². The second-order valence-electron chi connectivity index (χ2n) is 4.79. The number of nitrogens with one attached hydrogen (secondary N) is 3. The second-order valence-corrected chi connectivity index (χ2v) is 6.06. The smallest absolute Gasteiger partial charge is 0.243 e. The monoisotopic (exact) mass is 407 g/mol. The van der Waals surface area contributed by atoms with E-state index >= 15 is 0 Å². The Bertz CT molecular complexity index is 707. The summed E-state index contributed by atoms with van der Waals surface area (Å²) >= 11 is 8.57. The number of carbonyl (C=O) groups is 1. The molecule has 0 aliphatic heterocycles. The van der Waals surface area contributed by atoms with E-state index in [0.29, 0.717) is 11.7 Å². The Morgan fingerprint density at radius 2 is 1.83 bits per heavy atom. The van der Waals surface area contributed by atoms with Gasteiger partial charge in [-0.05, 0) is 71.5 Å². The van der Waals surface area contributed by atoms with E-state index in [4.69, 9.17) is 17.0 Å². The number of carbonyl (C=O) groups excluding carboxylic acids is 1. The number of benzene rings is 2. The van der Waals surface area contributed by atoms with Crippen LogP contribution in [-0.4, -0.2) is 24.2 Å². The summed E-state index contributed by atoms with van der Waals surface area (Å²) in [6.07, 6.45) is 0. The lowest BCUT2D eigenvalue weighted by molar-refractivity contribution is -0.115. The zero-order valence-electron chi connectivity index (χ0n) is 13.1. The van der Waals surface area contributed by atoms with Gasteiger partial charge < -0.3 is 20.7 Å². The molecule has 0 aromatic heterocycles. The van der Waals surface area contributed by atoms with Crippen molar-refractivity contribution >= 4 is 50.5 Å². The van der Waals surface area contributed by atoms with Crippen LogP contribution in [0.2, 0.25) is 0 Å². The molecule has 1 amide bonds. The average Bonchev–Trinajstić information content (AvgIpc) is 2.57. The number of halogens is 1. The van der Waals surface area contributed by atoms with E-state index in [2.05, 4.69) is 31.9 Å². The van der Waals surface area contributed by atoms with Gasteiger partial charge in [0, 0.05) is 10.2 Å². The van der Waals surface area contributed by atoms with Crippen molar-refractivity contribution in [1.82, 2.24) is 5.32 Å². The fourth-order valence-corrected chi connectivity index (χ4v) is 2.47. The van der Waals surface area contributed by atoms with Gasteiger partial charge in [-0.2, -0.15) is 0 Å². The quantitative estimate of drug-likeness (QED) is 0.636. The first-order valence-corrected chi connectivity index (χ1v) is 8.60. The Kier molecular flexibility index (Phi) is 7.02. The molecule has 0 bridgehead atoms. The lowest BCUT2D eigenvalue weighted by Crippen LogP contribution is -2.35. The summed E-state index contributed by atoms with van der Waals surface area (Å²) in [4.78, 5) is 11.9. The van der Waals surface area contributed by atoms with Gasteiger partial charge in [-0.1, -0.05) is 12.1 Å². The third kappa shape index (κ3) is 5.82. The molecule has 24 heavy (non-hydrogen) atoms. The van der Waals surface area contributed by atoms with E-state index in [0.717, 1.165) is 21.6 Å². The minimum atomic E-state index is -0.183. The number of amides is 1. The first kappa shape index (κ1) is 18.2. The van der Waals surface area contributed by atoms with Crippen LogP contribution in [-0.2, 0) is 4.79 Å². The van der Waals surface area contributed by atoms with E-state index in [1.807, 2.05) is 55.5 Å². The number of thiocarbonyl (C=S) groups is 1. The molecule has 7 heteroatoms. The van der Waals surface area contributed by atoms with Crippen LogP contribution in [0.4, 0.5) is 11.4 Å². The van der Waals surface area contributed by atoms with E-state index < -0.39 is 0 Å². The zero-order chi connectivity index (χ0) is 17.4. The lowest BCUT2D eigenvalue weighted by atomic mass is 10.3. The Balaban J connectivity index is 1.78. The van der Waals surface area contributed by atoms with Gasteiger partial charge in [0.25, 0.3) is 0 Å². The highest BCUT2D eigenvalue weighted by Gasteiger charge is 2.06. The molecule has 2 aromatic rings. The molecule has 0 saturated heterocycles. The van der Waals surface area contributed by atoms with Crippen LogP contribution in [0, 0.1) is 0 Å². The van der Waals surface area contributed by atoms with Gasteiger partial charge in [-0.25, -0.2) is 0 Å². The zero-order valence-corrected chi connectivity index (χ0v) is 15.5. The molecule has 126 valence electrons. The van der Waals surface area contributed by atoms with Crippen molar-refractivity contribution in [2.24, 2.45) is 0 Å². The molecular weight excluding hydrogens is 390 g/mol. The average molecular weight is 408 g/mol. The molecule has 2 rings (SSSR count). The molecule has 0 heterocycles. The Labute approximate surface area is 154 Å². The van der Waals surface area contributed by atoms with Crippen molar-refractivity contribution in [3.63, 3.8) is 0 Å². The maximum absolute atomic E-state index is 11.9. The maximum atomic E-state index is 11.9. The molecule has 3 N–H and O–H groups in total. The molecule has 0 fully saturated rings. The number of anilines is 2. The summed E-state index contributed by atoms with van der Waals surface area (Å²) in [5.41, 5.74) is 1.54. The first-order chi connectivity index (χ1) is 11.6. The van der Waals surface area contributed by atoms with Crippen LogP contribution in [0.25, 0.3) is 0 Å². The fourth-order valence-electron chi connectivity index (χ4n) is 1.89. The maximum Gasteiger partial charge on any atom is 0.243 e. The highest BCUT2D eigenvalue weighted by Crippen LogP contribution is 2.20. The number of rotatable bonds is 6. The third-order valence-electron chi connectivity index (χ3n) is 2.98. The van der Waals surface area contributed by atoms with Crippen molar-refractivity contribution < 1.29 is 9.53 Å². The van der Waals surface area contributed by atoms with E-state index in [-0.39, 0.29) is 12.5 Å². The Morgan fingerprint density at radius 1 is 1.12 bits per heavy atom. The van der Waals surface area contributed by atoms with E-state index in [1.54, 1.807) is 0 Å². The summed E-state index contributed by atoms with van der Waals surface area (Å²) in [6.45, 7) is 2.63. The lowest BCUT2D eigenvalue weighted by Gasteiger charge is -2.12. The van der Waals surface area contributed by atoms with Gasteiger partial charge in [0.05, 0.1) is 18.8 Å². The van der Waals surface area contributed by atoms with Gasteiger partial charge in [0.2, 0.25) is 5.91 Å². The molecule has 0 atom stereocenters. The molecular formula is C17H18BrN3O2S. The molecule has 5 nitrogen and oxygen atoms in total. The molecule has 0 unspecified atom stereocenters. The Hall–Kier alpha value is -2.12. The summed E-state index contributed by atoms with van der Waals surface area (Å²) in [6, 6.07) is 14.8. The van der Waals surface area contributed by atoms with Crippen molar-refractivity contribution in [3.8, 4) is 5.75 Å². The third-order valence-corrected chi connectivity index (χ3v) is 3.92. The van der Waals surface area contributed by atoms with Crippen LogP contribution < -0.4 is 20.7 Å². The predicted molar refractivity (Wildman–Crippen MR) is 105 cm³/mol. The topological polar surface area (TPSA) is 62.4 Å². The minimum Gasteiger partial charge on any atom is -0.494 e.